The lowest BCUT2D eigenvalue weighted by atomic mass is 9.88. The first-order chi connectivity index (χ1) is 17.8. The normalized spacial score (nSPS) is 12.9. The van der Waals surface area contributed by atoms with E-state index in [0.29, 0.717) is 11.8 Å². The lowest BCUT2D eigenvalue weighted by Gasteiger charge is -2.20. The van der Waals surface area contributed by atoms with E-state index in [1.165, 1.54) is 50.4 Å². The number of nitrogens with zero attached hydrogens (tertiary/aromatic N) is 4. The molecule has 3 aromatic carbocycles. The summed E-state index contributed by atoms with van der Waals surface area (Å²) in [6.45, 7) is 11.4. The zero-order valence-corrected chi connectivity index (χ0v) is 22.7. The minimum absolute atomic E-state index is 0.371. The van der Waals surface area contributed by atoms with Crippen molar-refractivity contribution in [2.75, 3.05) is 0 Å². The lowest BCUT2D eigenvalue weighted by Crippen LogP contribution is -2.29. The van der Waals surface area contributed by atoms with E-state index in [-0.39, 0.29) is 0 Å². The molecule has 0 bridgehead atoms. The number of hydrogen-bond donors (Lipinski definition) is 0. The topological polar surface area (TPSA) is 26.6 Å². The molecular weight excluding hydrogens is 452 g/mol. The van der Waals surface area contributed by atoms with E-state index in [9.17, 15) is 0 Å². The predicted molar refractivity (Wildman–Crippen MR) is 153 cm³/mol. The minimum Gasteiger partial charge on any atom is -0.303 e. The Kier molecular flexibility index (Phi) is 5.63. The summed E-state index contributed by atoms with van der Waals surface area (Å²) < 4.78 is 6.90. The van der Waals surface area contributed by atoms with Crippen LogP contribution in [0, 0.1) is 6.92 Å². The summed E-state index contributed by atoms with van der Waals surface area (Å²) >= 11 is 0. The summed E-state index contributed by atoms with van der Waals surface area (Å²) in [5.74, 6) is 3.02. The van der Waals surface area contributed by atoms with Gasteiger partial charge in [0, 0.05) is 23.7 Å². The molecule has 0 radical (unpaired) electrons. The van der Waals surface area contributed by atoms with E-state index in [4.69, 9.17) is 4.98 Å². The van der Waals surface area contributed by atoms with Gasteiger partial charge in [0.2, 0.25) is 0 Å². The number of fused-ring (bicyclic) bond motifs is 3. The van der Waals surface area contributed by atoms with Gasteiger partial charge in [-0.15, -0.1) is 0 Å². The molecule has 1 aliphatic rings. The van der Waals surface area contributed by atoms with Gasteiger partial charge in [-0.1, -0.05) is 70.2 Å². The van der Waals surface area contributed by atoms with E-state index in [1.54, 1.807) is 0 Å². The van der Waals surface area contributed by atoms with Crippen LogP contribution in [0.3, 0.4) is 0 Å². The summed E-state index contributed by atoms with van der Waals surface area (Å²) in [4.78, 5) is 5.13. The Morgan fingerprint density at radius 3 is 2.27 bits per heavy atom. The van der Waals surface area contributed by atoms with Crippen LogP contribution in [0.5, 0.6) is 0 Å². The van der Waals surface area contributed by atoms with Crippen LogP contribution in [-0.2, 0) is 13.5 Å². The van der Waals surface area contributed by atoms with Crippen LogP contribution in [-0.4, -0.2) is 14.1 Å². The number of benzene rings is 3. The van der Waals surface area contributed by atoms with Crippen molar-refractivity contribution < 1.29 is 4.57 Å². The van der Waals surface area contributed by atoms with Gasteiger partial charge in [-0.3, -0.25) is 0 Å². The van der Waals surface area contributed by atoms with Gasteiger partial charge >= 0.3 is 0 Å². The Hall–Kier alpha value is -3.92. The van der Waals surface area contributed by atoms with Gasteiger partial charge in [0.15, 0.2) is 0 Å². The third kappa shape index (κ3) is 3.74. The van der Waals surface area contributed by atoms with Crippen LogP contribution < -0.4 is 4.57 Å². The average Bonchev–Trinajstić information content (AvgIpc) is 3.59. The van der Waals surface area contributed by atoms with Crippen LogP contribution in [0.1, 0.15) is 62.0 Å². The standard InChI is InChI=1S/C33H35N4/c1-21(2)26-19-25(24-11-8-7-9-12-24)20-27(22(3)4)32(26)37-18-17-35(6)33(37)30-23(5)14-15-28-31(30)34-29-13-10-16-36(28)29/h7-12,14-22H,13H2,1-6H3/q+1. The van der Waals surface area contributed by atoms with Gasteiger partial charge in [0.1, 0.15) is 29.4 Å². The Morgan fingerprint density at radius 1 is 0.892 bits per heavy atom. The highest BCUT2D eigenvalue weighted by molar-refractivity contribution is 5.94. The molecule has 4 nitrogen and oxygen atoms in total. The third-order valence-electron chi connectivity index (χ3n) is 7.68. The maximum Gasteiger partial charge on any atom is 0.296 e. The maximum absolute atomic E-state index is 5.13. The Labute approximate surface area is 219 Å². The van der Waals surface area contributed by atoms with Crippen molar-refractivity contribution in [2.24, 2.45) is 7.05 Å². The predicted octanol–water partition coefficient (Wildman–Crippen LogP) is 7.57. The van der Waals surface area contributed by atoms with Crippen molar-refractivity contribution in [1.82, 2.24) is 14.1 Å². The smallest absolute Gasteiger partial charge is 0.296 e. The molecule has 0 saturated heterocycles. The van der Waals surface area contributed by atoms with Crippen LogP contribution in [0.15, 0.2) is 73.1 Å². The van der Waals surface area contributed by atoms with Crippen LogP contribution >= 0.6 is 0 Å². The summed E-state index contributed by atoms with van der Waals surface area (Å²) in [6, 6.07) is 20.0. The quantitative estimate of drug-likeness (QED) is 0.235. The first kappa shape index (κ1) is 23.5. The molecule has 2 aromatic heterocycles. The van der Waals surface area contributed by atoms with Gasteiger partial charge < -0.3 is 4.57 Å². The fraction of sp³-hybridized carbons (Fsp3) is 0.273. The molecule has 0 atom stereocenters. The average molecular weight is 488 g/mol. The van der Waals surface area contributed by atoms with Gasteiger partial charge in [-0.2, -0.15) is 4.57 Å². The molecule has 186 valence electrons. The van der Waals surface area contributed by atoms with Crippen molar-refractivity contribution in [3.8, 4) is 28.2 Å². The Bertz CT molecular complexity index is 1630. The molecule has 0 saturated carbocycles. The van der Waals surface area contributed by atoms with Crippen LogP contribution in [0.4, 0.5) is 0 Å². The van der Waals surface area contributed by atoms with E-state index in [2.05, 4.69) is 135 Å². The molecule has 5 aromatic rings. The van der Waals surface area contributed by atoms with Crippen molar-refractivity contribution in [1.29, 1.82) is 0 Å². The second-order valence-corrected chi connectivity index (χ2v) is 10.9. The van der Waals surface area contributed by atoms with E-state index < -0.39 is 0 Å². The highest BCUT2D eigenvalue weighted by Gasteiger charge is 2.30. The summed E-state index contributed by atoms with van der Waals surface area (Å²) in [5.41, 5.74) is 11.3. The SMILES string of the molecule is Cc1ccc2c(nc3n2C=CC3)c1-c1n(-c2c(C(C)C)cc(-c3ccccc3)cc2C(C)C)cc[n+]1C. The molecule has 3 heterocycles. The van der Waals surface area contributed by atoms with Crippen molar-refractivity contribution in [3.63, 3.8) is 0 Å². The van der Waals surface area contributed by atoms with Gasteiger partial charge in [-0.05, 0) is 53.6 Å². The highest BCUT2D eigenvalue weighted by atomic mass is 15.2. The zero-order chi connectivity index (χ0) is 25.8. The monoisotopic (exact) mass is 487 g/mol. The summed E-state index contributed by atoms with van der Waals surface area (Å²) in [7, 11) is 2.15. The highest BCUT2D eigenvalue weighted by Crippen LogP contribution is 2.39. The number of rotatable bonds is 5. The second kappa shape index (κ2) is 8.88. The lowest BCUT2D eigenvalue weighted by molar-refractivity contribution is -0.659. The largest absolute Gasteiger partial charge is 0.303 e. The molecule has 4 heteroatoms. The van der Waals surface area contributed by atoms with E-state index >= 15 is 0 Å². The zero-order valence-electron chi connectivity index (χ0n) is 22.7. The first-order valence-corrected chi connectivity index (χ1v) is 13.3. The third-order valence-corrected chi connectivity index (χ3v) is 7.68. The molecule has 6 rings (SSSR count). The number of imidazole rings is 2. The fourth-order valence-corrected chi connectivity index (χ4v) is 5.76. The molecule has 0 aliphatic carbocycles. The van der Waals surface area contributed by atoms with Crippen molar-refractivity contribution >= 4 is 17.2 Å². The minimum atomic E-state index is 0.371. The van der Waals surface area contributed by atoms with Gasteiger partial charge in [-0.25, -0.2) is 9.55 Å². The summed E-state index contributed by atoms with van der Waals surface area (Å²) in [5, 5.41) is 0. The first-order valence-electron chi connectivity index (χ1n) is 13.3. The Balaban J connectivity index is 1.66. The van der Waals surface area contributed by atoms with Crippen molar-refractivity contribution in [2.45, 2.75) is 52.9 Å². The van der Waals surface area contributed by atoms with E-state index in [1.807, 2.05) is 0 Å². The summed E-state index contributed by atoms with van der Waals surface area (Å²) in [6.07, 6.45) is 9.63. The fourth-order valence-electron chi connectivity index (χ4n) is 5.76. The number of aromatic nitrogens is 4. The molecular formula is C33H35N4+. The second-order valence-electron chi connectivity index (χ2n) is 10.9. The molecule has 0 amide bonds. The molecule has 1 aliphatic heterocycles. The number of hydrogen-bond acceptors (Lipinski definition) is 1. The molecule has 0 unspecified atom stereocenters. The van der Waals surface area contributed by atoms with Gasteiger partial charge in [0.05, 0.1) is 18.1 Å². The van der Waals surface area contributed by atoms with Crippen LogP contribution in [0.2, 0.25) is 0 Å². The Morgan fingerprint density at radius 2 is 1.59 bits per heavy atom. The molecule has 0 fully saturated rings. The number of allylic oxidation sites excluding steroid dienone is 1. The maximum atomic E-state index is 5.13. The molecule has 0 spiro atoms. The number of aryl methyl sites for hydroxylation is 2. The molecule has 37 heavy (non-hydrogen) atoms. The van der Waals surface area contributed by atoms with Crippen LogP contribution in [0.25, 0.3) is 45.4 Å². The molecule has 0 N–H and O–H groups in total. The van der Waals surface area contributed by atoms with Gasteiger partial charge in [0.25, 0.3) is 5.82 Å². The van der Waals surface area contributed by atoms with E-state index in [0.717, 1.165) is 17.8 Å². The van der Waals surface area contributed by atoms with Crippen molar-refractivity contribution in [3.05, 3.63) is 95.6 Å².